The molecule has 1 heterocycles. The van der Waals surface area contributed by atoms with Gasteiger partial charge in [-0.1, -0.05) is 39.0 Å². The second kappa shape index (κ2) is 6.58. The highest BCUT2D eigenvalue weighted by molar-refractivity contribution is 6.00. The first-order chi connectivity index (χ1) is 11.4. The fourth-order valence-corrected chi connectivity index (χ4v) is 3.58. The Morgan fingerprint density at radius 1 is 1.04 bits per heavy atom. The van der Waals surface area contributed by atoms with Gasteiger partial charge in [0.2, 0.25) is 11.8 Å². The Bertz CT molecular complexity index is 627. The quantitative estimate of drug-likeness (QED) is 0.922. The van der Waals surface area contributed by atoms with Crippen LogP contribution in [-0.2, 0) is 15.0 Å². The molecule has 24 heavy (non-hydrogen) atoms. The smallest absolute Gasteiger partial charge is 0.228 e. The van der Waals surface area contributed by atoms with E-state index in [1.807, 2.05) is 23.1 Å². The average molecular weight is 328 g/mol. The Morgan fingerprint density at radius 2 is 1.71 bits per heavy atom. The van der Waals surface area contributed by atoms with E-state index in [0.717, 1.165) is 37.2 Å². The molecule has 0 spiro atoms. The molecule has 2 unspecified atom stereocenters. The Labute approximate surface area is 144 Å². The Hall–Kier alpha value is -1.84. The van der Waals surface area contributed by atoms with Gasteiger partial charge in [0.15, 0.2) is 0 Å². The normalized spacial score (nSPS) is 23.7. The van der Waals surface area contributed by atoms with E-state index < -0.39 is 0 Å². The number of piperidine rings is 1. The van der Waals surface area contributed by atoms with Crippen LogP contribution in [0.2, 0.25) is 0 Å². The fourth-order valence-electron chi connectivity index (χ4n) is 3.58. The summed E-state index contributed by atoms with van der Waals surface area (Å²) >= 11 is 0. The van der Waals surface area contributed by atoms with Gasteiger partial charge in [-0.2, -0.15) is 0 Å². The predicted octanol–water partition coefficient (Wildman–Crippen LogP) is 3.57. The van der Waals surface area contributed by atoms with Gasteiger partial charge in [-0.25, -0.2) is 0 Å². The molecule has 2 amide bonds. The first-order valence-electron chi connectivity index (χ1n) is 9.07. The average Bonchev–Trinajstić information content (AvgIpc) is 3.35. The summed E-state index contributed by atoms with van der Waals surface area (Å²) in [4.78, 5) is 27.0. The lowest BCUT2D eigenvalue weighted by Gasteiger charge is -2.27. The Morgan fingerprint density at radius 3 is 2.38 bits per heavy atom. The molecule has 4 nitrogen and oxygen atoms in total. The number of rotatable bonds is 3. The van der Waals surface area contributed by atoms with Crippen molar-refractivity contribution in [1.82, 2.24) is 4.90 Å². The van der Waals surface area contributed by atoms with Crippen molar-refractivity contribution in [2.75, 3.05) is 18.4 Å². The Kier molecular flexibility index (Phi) is 4.66. The van der Waals surface area contributed by atoms with Crippen LogP contribution in [0.5, 0.6) is 0 Å². The molecule has 1 aromatic carbocycles. The molecule has 1 aliphatic heterocycles. The van der Waals surface area contributed by atoms with Gasteiger partial charge in [0.25, 0.3) is 0 Å². The third-order valence-electron chi connectivity index (χ3n) is 5.11. The van der Waals surface area contributed by atoms with Gasteiger partial charge in [0.1, 0.15) is 0 Å². The van der Waals surface area contributed by atoms with E-state index in [2.05, 4.69) is 32.2 Å². The molecule has 0 aromatic heterocycles. The summed E-state index contributed by atoms with van der Waals surface area (Å²) in [5, 5.41) is 3.06. The number of anilines is 1. The minimum Gasteiger partial charge on any atom is -0.342 e. The van der Waals surface area contributed by atoms with Gasteiger partial charge in [0, 0.05) is 18.8 Å². The van der Waals surface area contributed by atoms with Crippen LogP contribution in [0.15, 0.2) is 24.3 Å². The molecule has 1 saturated carbocycles. The van der Waals surface area contributed by atoms with Crippen molar-refractivity contribution < 1.29 is 9.59 Å². The third-order valence-corrected chi connectivity index (χ3v) is 5.11. The molecule has 130 valence electrons. The van der Waals surface area contributed by atoms with Crippen molar-refractivity contribution in [2.24, 2.45) is 11.8 Å². The summed E-state index contributed by atoms with van der Waals surface area (Å²) in [5.74, 6) is -0.0987. The summed E-state index contributed by atoms with van der Waals surface area (Å²) in [6.45, 7) is 8.13. The van der Waals surface area contributed by atoms with Crippen LogP contribution in [0.25, 0.3) is 0 Å². The van der Waals surface area contributed by atoms with E-state index in [1.165, 1.54) is 6.42 Å². The predicted molar refractivity (Wildman–Crippen MR) is 95.8 cm³/mol. The number of hydrogen-bond donors (Lipinski definition) is 1. The first-order valence-corrected chi connectivity index (χ1v) is 9.07. The molecule has 2 fully saturated rings. The van der Waals surface area contributed by atoms with Crippen molar-refractivity contribution in [2.45, 2.75) is 51.9 Å². The number of para-hydroxylation sites is 1. The van der Waals surface area contributed by atoms with Crippen LogP contribution in [0.3, 0.4) is 0 Å². The van der Waals surface area contributed by atoms with Gasteiger partial charge in [0.05, 0.1) is 11.8 Å². The highest BCUT2D eigenvalue weighted by atomic mass is 16.2. The van der Waals surface area contributed by atoms with E-state index in [9.17, 15) is 9.59 Å². The molecule has 2 atom stereocenters. The third kappa shape index (κ3) is 3.63. The second-order valence-electron chi connectivity index (χ2n) is 8.12. The molecule has 1 aromatic rings. The molecule has 4 heteroatoms. The Balaban J connectivity index is 1.62. The van der Waals surface area contributed by atoms with Crippen LogP contribution in [0.4, 0.5) is 5.69 Å². The molecule has 2 aliphatic rings. The maximum Gasteiger partial charge on any atom is 0.228 e. The van der Waals surface area contributed by atoms with Crippen LogP contribution in [-0.4, -0.2) is 29.8 Å². The molecule has 0 bridgehead atoms. The summed E-state index contributed by atoms with van der Waals surface area (Å²) in [6, 6.07) is 7.94. The molecular formula is C20H28N2O2. The number of benzene rings is 1. The van der Waals surface area contributed by atoms with Crippen molar-refractivity contribution in [1.29, 1.82) is 0 Å². The lowest BCUT2D eigenvalue weighted by atomic mass is 9.86. The highest BCUT2D eigenvalue weighted by Gasteiger charge is 2.49. The summed E-state index contributed by atoms with van der Waals surface area (Å²) < 4.78 is 0. The van der Waals surface area contributed by atoms with Crippen molar-refractivity contribution in [3.63, 3.8) is 0 Å². The number of likely N-dealkylation sites (tertiary alicyclic amines) is 1. The second-order valence-corrected chi connectivity index (χ2v) is 8.12. The van der Waals surface area contributed by atoms with Crippen molar-refractivity contribution in [3.05, 3.63) is 29.8 Å². The fraction of sp³-hybridized carbons (Fsp3) is 0.600. The van der Waals surface area contributed by atoms with Gasteiger partial charge in [-0.05, 0) is 42.7 Å². The number of amides is 2. The summed E-state index contributed by atoms with van der Waals surface area (Å²) in [5.41, 5.74) is 1.96. The first kappa shape index (κ1) is 17.0. The molecule has 0 radical (unpaired) electrons. The number of hydrogen-bond acceptors (Lipinski definition) is 2. The van der Waals surface area contributed by atoms with E-state index in [1.54, 1.807) is 0 Å². The SMILES string of the molecule is CC(C)(C)c1ccccc1NC(=O)C1CC1C(=O)N1CCCCC1. The monoisotopic (exact) mass is 328 g/mol. The summed E-state index contributed by atoms with van der Waals surface area (Å²) in [7, 11) is 0. The summed E-state index contributed by atoms with van der Waals surface area (Å²) in [6.07, 6.45) is 4.09. The lowest BCUT2D eigenvalue weighted by molar-refractivity contribution is -0.134. The van der Waals surface area contributed by atoms with E-state index in [0.29, 0.717) is 6.42 Å². The van der Waals surface area contributed by atoms with Crippen LogP contribution >= 0.6 is 0 Å². The van der Waals surface area contributed by atoms with E-state index in [-0.39, 0.29) is 29.1 Å². The maximum atomic E-state index is 12.6. The molecule has 1 aliphatic carbocycles. The molecule has 1 saturated heterocycles. The molecular weight excluding hydrogens is 300 g/mol. The van der Waals surface area contributed by atoms with E-state index in [4.69, 9.17) is 0 Å². The molecule has 3 rings (SSSR count). The molecule has 1 N–H and O–H groups in total. The van der Waals surface area contributed by atoms with Gasteiger partial charge < -0.3 is 10.2 Å². The zero-order chi connectivity index (χ0) is 17.3. The van der Waals surface area contributed by atoms with E-state index >= 15 is 0 Å². The number of nitrogens with one attached hydrogen (secondary N) is 1. The van der Waals surface area contributed by atoms with Crippen molar-refractivity contribution in [3.8, 4) is 0 Å². The van der Waals surface area contributed by atoms with Gasteiger partial charge in [-0.15, -0.1) is 0 Å². The zero-order valence-corrected chi connectivity index (χ0v) is 15.0. The van der Waals surface area contributed by atoms with Crippen molar-refractivity contribution >= 4 is 17.5 Å². The minimum atomic E-state index is -0.160. The number of nitrogens with zero attached hydrogens (tertiary/aromatic N) is 1. The van der Waals surface area contributed by atoms with Gasteiger partial charge in [-0.3, -0.25) is 9.59 Å². The van der Waals surface area contributed by atoms with Gasteiger partial charge >= 0.3 is 0 Å². The van der Waals surface area contributed by atoms with Crippen LogP contribution in [0.1, 0.15) is 52.0 Å². The maximum absolute atomic E-state index is 12.6. The lowest BCUT2D eigenvalue weighted by Crippen LogP contribution is -2.37. The zero-order valence-electron chi connectivity index (χ0n) is 15.0. The standard InChI is InChI=1S/C20H28N2O2/c1-20(2,3)16-9-5-6-10-17(16)21-18(23)14-13-15(14)19(24)22-11-7-4-8-12-22/h5-6,9-10,14-15H,4,7-8,11-13H2,1-3H3,(H,21,23). The largest absolute Gasteiger partial charge is 0.342 e. The number of carbonyl (C=O) groups is 2. The minimum absolute atomic E-state index is 0.0120. The van der Waals surface area contributed by atoms with Crippen LogP contribution < -0.4 is 5.32 Å². The number of carbonyl (C=O) groups excluding carboxylic acids is 2. The topological polar surface area (TPSA) is 49.4 Å². The van der Waals surface area contributed by atoms with Crippen LogP contribution in [0, 0.1) is 11.8 Å². The highest BCUT2D eigenvalue weighted by Crippen LogP contribution is 2.42.